The second-order valence-corrected chi connectivity index (χ2v) is 15.9. The number of nitrogens with zero attached hydrogens (tertiary/aromatic N) is 1. The van der Waals surface area contributed by atoms with Crippen LogP contribution in [0.4, 0.5) is 0 Å². The Bertz CT molecular complexity index is 1550. The van der Waals surface area contributed by atoms with Crippen molar-refractivity contribution in [3.8, 4) is 11.3 Å². The van der Waals surface area contributed by atoms with Crippen molar-refractivity contribution in [2.75, 3.05) is 0 Å². The van der Waals surface area contributed by atoms with Gasteiger partial charge in [-0.25, -0.2) is 0 Å². The number of carbonyl (C=O) groups is 1. The second-order valence-electron chi connectivity index (χ2n) is 15.9. The van der Waals surface area contributed by atoms with Gasteiger partial charge in [0.15, 0.2) is 5.78 Å². The maximum absolute atomic E-state index is 11.2. The van der Waals surface area contributed by atoms with Gasteiger partial charge in [0.25, 0.3) is 0 Å². The van der Waals surface area contributed by atoms with Crippen molar-refractivity contribution in [3.05, 3.63) is 76.6 Å². The molecule has 46 heavy (non-hydrogen) atoms. The van der Waals surface area contributed by atoms with Crippen molar-refractivity contribution < 1.29 is 30.0 Å². The maximum Gasteiger partial charge on any atom is 0.159 e. The minimum absolute atomic E-state index is 0. The molecule has 3 nitrogen and oxygen atoms in total. The molecular weight excluding hydrogens is 743 g/mol. The molecule has 249 valence electrons. The summed E-state index contributed by atoms with van der Waals surface area (Å²) in [7, 11) is 0. The van der Waals surface area contributed by atoms with Crippen LogP contribution in [0.1, 0.15) is 126 Å². The Morgan fingerprint density at radius 1 is 0.870 bits per heavy atom. The molecule has 3 aromatic rings. The van der Waals surface area contributed by atoms with Crippen molar-refractivity contribution in [2.45, 2.75) is 118 Å². The zero-order valence-corrected chi connectivity index (χ0v) is 31.3. The van der Waals surface area contributed by atoms with Gasteiger partial charge in [0.05, 0.1) is 11.3 Å². The Balaban J connectivity index is 0.000000256. The van der Waals surface area contributed by atoms with Gasteiger partial charge < -0.3 is 5.11 Å². The zero-order valence-electron chi connectivity index (χ0n) is 28.9. The van der Waals surface area contributed by atoms with Gasteiger partial charge in [-0.2, -0.15) is 0 Å². The third-order valence-electron chi connectivity index (χ3n) is 11.2. The van der Waals surface area contributed by atoms with Gasteiger partial charge in [-0.3, -0.25) is 9.78 Å². The molecule has 0 amide bonds. The Labute approximate surface area is 291 Å². The summed E-state index contributed by atoms with van der Waals surface area (Å²) in [6.45, 7) is 12.3. The average Bonchev–Trinajstić information content (AvgIpc) is 3.78. The number of pyridine rings is 1. The predicted octanol–water partition coefficient (Wildman–Crippen LogP) is 11.2. The summed E-state index contributed by atoms with van der Waals surface area (Å²) in [6.07, 6.45) is 14.1. The fourth-order valence-electron chi connectivity index (χ4n) is 9.51. The van der Waals surface area contributed by atoms with E-state index in [4.69, 9.17) is 4.98 Å². The number of ketones is 1. The molecule has 1 aromatic heterocycles. The van der Waals surface area contributed by atoms with E-state index in [-0.39, 0.29) is 31.6 Å². The number of rotatable bonds is 8. The van der Waals surface area contributed by atoms with E-state index in [2.05, 4.69) is 56.3 Å². The first-order valence-electron chi connectivity index (χ1n) is 17.9. The molecule has 4 saturated carbocycles. The molecule has 6 atom stereocenters. The molecule has 0 spiro atoms. The van der Waals surface area contributed by atoms with E-state index in [1.54, 1.807) is 11.1 Å². The third kappa shape index (κ3) is 7.87. The van der Waals surface area contributed by atoms with Crippen molar-refractivity contribution >= 4 is 16.7 Å². The van der Waals surface area contributed by atoms with Gasteiger partial charge in [0.1, 0.15) is 0 Å². The van der Waals surface area contributed by atoms with Crippen LogP contribution in [0, 0.1) is 55.4 Å². The molecular formula is C42H54IrNO2-. The van der Waals surface area contributed by atoms with Crippen LogP contribution in [0.5, 0.6) is 0 Å². The van der Waals surface area contributed by atoms with Crippen molar-refractivity contribution in [1.82, 2.24) is 4.98 Å². The Morgan fingerprint density at radius 3 is 2.09 bits per heavy atom. The Morgan fingerprint density at radius 2 is 1.52 bits per heavy atom. The summed E-state index contributed by atoms with van der Waals surface area (Å²) in [5.74, 6) is 6.38. The number of allylic oxidation sites excluding steroid dienone is 2. The number of aliphatic hydroxyl groups is 1. The molecule has 0 saturated heterocycles. The standard InChI is InChI=1S/C31H34N.C11H20O2.Ir/c1-18-11-19(2)13-24(12-18)29-9-8-26-30(32-29)10-7-25(27-16-20-3-5-22(27)14-20)31(26)28-17-21-4-6-23(28)15-21;1-8(2)5-10(12)7-11(13)6-9(3)4;/h7-12,20-23,27-28H,3-6,14-17H2,1-2H3;7-9,12H,5-6H2,1-4H3;/q-1;;/b;10-7-;. The van der Waals surface area contributed by atoms with Gasteiger partial charge in [-0.05, 0) is 109 Å². The van der Waals surface area contributed by atoms with E-state index in [0.29, 0.717) is 24.7 Å². The number of hydrogen-bond acceptors (Lipinski definition) is 3. The first kappa shape index (κ1) is 35.0. The quantitative estimate of drug-likeness (QED) is 0.140. The smallest absolute Gasteiger partial charge is 0.159 e. The first-order chi connectivity index (χ1) is 21.5. The van der Waals surface area contributed by atoms with E-state index in [1.165, 1.54) is 79.5 Å². The molecule has 0 aliphatic heterocycles. The van der Waals surface area contributed by atoms with Gasteiger partial charge in [-0.1, -0.05) is 72.6 Å². The number of aryl methyl sites for hydroxylation is 2. The van der Waals surface area contributed by atoms with E-state index >= 15 is 0 Å². The number of hydrogen-bond donors (Lipinski definition) is 1. The number of benzene rings is 2. The summed E-state index contributed by atoms with van der Waals surface area (Å²) in [5.41, 5.74) is 9.30. The van der Waals surface area contributed by atoms with E-state index < -0.39 is 0 Å². The minimum Gasteiger partial charge on any atom is -0.512 e. The largest absolute Gasteiger partial charge is 0.512 e. The van der Waals surface area contributed by atoms with Gasteiger partial charge >= 0.3 is 0 Å². The van der Waals surface area contributed by atoms with Gasteiger partial charge in [-0.15, -0.1) is 34.9 Å². The molecule has 4 aliphatic carbocycles. The molecule has 1 radical (unpaired) electrons. The summed E-state index contributed by atoms with van der Waals surface area (Å²) in [4.78, 5) is 16.4. The molecule has 4 heteroatoms. The summed E-state index contributed by atoms with van der Waals surface area (Å²) >= 11 is 0. The molecule has 7 rings (SSSR count). The molecule has 6 unspecified atom stereocenters. The summed E-state index contributed by atoms with van der Waals surface area (Å²) < 4.78 is 0. The van der Waals surface area contributed by atoms with Crippen LogP contribution in [-0.2, 0) is 24.9 Å². The predicted molar refractivity (Wildman–Crippen MR) is 186 cm³/mol. The number of fused-ring (bicyclic) bond motifs is 5. The Hall–Kier alpha value is -2.29. The topological polar surface area (TPSA) is 50.2 Å². The van der Waals surface area contributed by atoms with E-state index in [0.717, 1.165) is 46.8 Å². The summed E-state index contributed by atoms with van der Waals surface area (Å²) in [5, 5.41) is 10.8. The maximum atomic E-state index is 11.2. The molecule has 1 N–H and O–H groups in total. The minimum atomic E-state index is 0. The monoisotopic (exact) mass is 797 g/mol. The Kier molecular flexibility index (Phi) is 11.3. The number of aromatic nitrogens is 1. The molecule has 4 fully saturated rings. The van der Waals surface area contributed by atoms with Crippen LogP contribution < -0.4 is 0 Å². The number of aliphatic hydroxyl groups excluding tert-OH is 1. The van der Waals surface area contributed by atoms with Crippen molar-refractivity contribution in [1.29, 1.82) is 0 Å². The molecule has 1 heterocycles. The third-order valence-corrected chi connectivity index (χ3v) is 11.2. The fraction of sp³-hybridized carbons (Fsp3) is 0.571. The van der Waals surface area contributed by atoms with Crippen LogP contribution in [0.3, 0.4) is 0 Å². The second kappa shape index (κ2) is 14.9. The molecule has 2 aromatic carbocycles. The van der Waals surface area contributed by atoms with E-state index in [9.17, 15) is 9.90 Å². The fourth-order valence-corrected chi connectivity index (χ4v) is 9.51. The van der Waals surface area contributed by atoms with Gasteiger partial charge in [0.2, 0.25) is 0 Å². The van der Waals surface area contributed by atoms with Crippen LogP contribution in [0.25, 0.3) is 22.2 Å². The SMILES string of the molecule is CC(C)CC(=O)/C=C(\O)CC(C)C.Cc1[c-]c(-c2ccc3c(C4CC5CCC4C5)c(C4CC5CCC4C5)ccc3n2)cc(C)c1.[Ir]. The zero-order chi connectivity index (χ0) is 31.8. The van der Waals surface area contributed by atoms with Crippen LogP contribution in [0.15, 0.2) is 48.2 Å². The van der Waals surface area contributed by atoms with Crippen LogP contribution >= 0.6 is 0 Å². The van der Waals surface area contributed by atoms with Crippen molar-refractivity contribution in [2.24, 2.45) is 35.5 Å². The van der Waals surface area contributed by atoms with E-state index in [1.807, 2.05) is 27.7 Å². The summed E-state index contributed by atoms with van der Waals surface area (Å²) in [6, 6.07) is 17.5. The normalized spacial score (nSPS) is 26.5. The average molecular weight is 797 g/mol. The van der Waals surface area contributed by atoms with Crippen LogP contribution in [-0.4, -0.2) is 15.9 Å². The van der Waals surface area contributed by atoms with Gasteiger partial charge in [0, 0.05) is 44.4 Å². The molecule has 4 bridgehead atoms. The van der Waals surface area contributed by atoms with Crippen molar-refractivity contribution in [3.63, 3.8) is 0 Å². The molecule has 4 aliphatic rings. The first-order valence-corrected chi connectivity index (χ1v) is 17.9. The van der Waals surface area contributed by atoms with Crippen LogP contribution in [0.2, 0.25) is 0 Å². The number of carbonyl (C=O) groups excluding carboxylic acids is 1.